The van der Waals surface area contributed by atoms with Gasteiger partial charge in [0.25, 0.3) is 0 Å². The fraction of sp³-hybridized carbons (Fsp3) is 0.571. The molecule has 0 amide bonds. The van der Waals surface area contributed by atoms with Crippen molar-refractivity contribution < 1.29 is 0 Å². The first kappa shape index (κ1) is 10.1. The molecule has 72 valence electrons. The minimum absolute atomic E-state index is 0.265. The molecule has 0 atom stereocenters. The molecule has 0 saturated heterocycles. The predicted octanol–water partition coefficient (Wildman–Crippen LogP) is 3.65. The lowest BCUT2D eigenvalue weighted by atomic mass is 10.6. The summed E-state index contributed by atoms with van der Waals surface area (Å²) in [7, 11) is 9.36. The molecule has 0 N–H and O–H groups in total. The zero-order valence-corrected chi connectivity index (χ0v) is 10.9. The molecule has 2 nitrogen and oxygen atoms in total. The van der Waals surface area contributed by atoms with E-state index in [0.717, 1.165) is 5.03 Å². The van der Waals surface area contributed by atoms with E-state index in [1.807, 2.05) is 44.1 Å². The van der Waals surface area contributed by atoms with Gasteiger partial charge in [-0.15, -0.1) is 0 Å². The molecule has 0 fully saturated rings. The van der Waals surface area contributed by atoms with Crippen molar-refractivity contribution in [2.24, 2.45) is 7.05 Å². The van der Waals surface area contributed by atoms with Gasteiger partial charge in [-0.05, 0) is 24.6 Å². The maximum absolute atomic E-state index is 4.40. The summed E-state index contributed by atoms with van der Waals surface area (Å²) >= 11 is 0. The van der Waals surface area contributed by atoms with Crippen molar-refractivity contribution in [3.63, 3.8) is 0 Å². The SMILES string of the molecule is Cn1cc2c(n1)SSC(C)(C)SS2. The van der Waals surface area contributed by atoms with Crippen LogP contribution in [0.2, 0.25) is 0 Å². The first-order valence-corrected chi connectivity index (χ1v) is 8.12. The first-order valence-electron chi connectivity index (χ1n) is 3.82. The number of aromatic nitrogens is 2. The van der Waals surface area contributed by atoms with Crippen LogP contribution < -0.4 is 0 Å². The van der Waals surface area contributed by atoms with E-state index in [1.165, 1.54) is 4.90 Å². The summed E-state index contributed by atoms with van der Waals surface area (Å²) < 4.78 is 2.14. The Bertz CT molecular complexity index is 293. The molecule has 1 aliphatic heterocycles. The Morgan fingerprint density at radius 1 is 1.31 bits per heavy atom. The van der Waals surface area contributed by atoms with Gasteiger partial charge in [0, 0.05) is 13.2 Å². The number of rotatable bonds is 0. The summed E-state index contributed by atoms with van der Waals surface area (Å²) in [5, 5.41) is 5.55. The van der Waals surface area contributed by atoms with Gasteiger partial charge in [-0.25, -0.2) is 0 Å². The fourth-order valence-corrected chi connectivity index (χ4v) is 6.77. The van der Waals surface area contributed by atoms with E-state index in [4.69, 9.17) is 0 Å². The van der Waals surface area contributed by atoms with E-state index >= 15 is 0 Å². The Kier molecular flexibility index (Phi) is 2.84. The van der Waals surface area contributed by atoms with Crippen LogP contribution in [-0.4, -0.2) is 13.9 Å². The highest BCUT2D eigenvalue weighted by atomic mass is 33.1. The van der Waals surface area contributed by atoms with Gasteiger partial charge < -0.3 is 0 Å². The molecule has 1 aliphatic rings. The maximum atomic E-state index is 4.40. The van der Waals surface area contributed by atoms with Crippen molar-refractivity contribution in [3.05, 3.63) is 6.20 Å². The van der Waals surface area contributed by atoms with Gasteiger partial charge in [0.1, 0.15) is 5.03 Å². The van der Waals surface area contributed by atoms with Gasteiger partial charge in [-0.3, -0.25) is 4.68 Å². The summed E-state index contributed by atoms with van der Waals surface area (Å²) in [5.41, 5.74) is 0. The minimum atomic E-state index is 0.265. The average molecular weight is 250 g/mol. The maximum Gasteiger partial charge on any atom is 0.143 e. The lowest BCUT2D eigenvalue weighted by Crippen LogP contribution is -2.03. The molecule has 0 aliphatic carbocycles. The highest BCUT2D eigenvalue weighted by molar-refractivity contribution is 8.86. The molecule has 2 heterocycles. The van der Waals surface area contributed by atoms with E-state index in [0.29, 0.717) is 0 Å². The van der Waals surface area contributed by atoms with Gasteiger partial charge in [0.05, 0.1) is 8.97 Å². The van der Waals surface area contributed by atoms with Gasteiger partial charge in [-0.2, -0.15) is 5.10 Å². The molecule has 1 aromatic heterocycles. The monoisotopic (exact) mass is 250 g/mol. The summed E-state index contributed by atoms with van der Waals surface area (Å²) in [6.45, 7) is 4.49. The van der Waals surface area contributed by atoms with Crippen LogP contribution in [0.25, 0.3) is 0 Å². The number of hydrogen-bond donors (Lipinski definition) is 0. The smallest absolute Gasteiger partial charge is 0.143 e. The molecule has 0 aromatic carbocycles. The van der Waals surface area contributed by atoms with E-state index in [-0.39, 0.29) is 4.08 Å². The summed E-state index contributed by atoms with van der Waals surface area (Å²) in [6, 6.07) is 0. The standard InChI is InChI=1S/C7H10N2S4/c1-7(2)12-10-5-4-9(3)8-6(5)11-13-7/h4H,1-3H3. The Morgan fingerprint density at radius 3 is 2.77 bits per heavy atom. The van der Waals surface area contributed by atoms with Crippen molar-refractivity contribution >= 4 is 43.2 Å². The van der Waals surface area contributed by atoms with Crippen LogP contribution in [0.1, 0.15) is 13.8 Å². The van der Waals surface area contributed by atoms with Crippen molar-refractivity contribution in [1.82, 2.24) is 9.78 Å². The zero-order valence-electron chi connectivity index (χ0n) is 7.60. The Balaban J connectivity index is 2.24. The highest BCUT2D eigenvalue weighted by Crippen LogP contribution is 2.58. The van der Waals surface area contributed by atoms with E-state index in [9.17, 15) is 0 Å². The second kappa shape index (κ2) is 3.64. The molecular weight excluding hydrogens is 240 g/mol. The molecule has 13 heavy (non-hydrogen) atoms. The molecule has 0 spiro atoms. The highest BCUT2D eigenvalue weighted by Gasteiger charge is 2.27. The first-order chi connectivity index (χ1) is 6.07. The molecule has 0 bridgehead atoms. The summed E-state index contributed by atoms with van der Waals surface area (Å²) in [5.74, 6) is 0. The largest absolute Gasteiger partial charge is 0.273 e. The van der Waals surface area contributed by atoms with E-state index in [1.54, 1.807) is 10.8 Å². The van der Waals surface area contributed by atoms with Crippen LogP contribution in [0, 0.1) is 0 Å². The zero-order chi connectivity index (χ0) is 9.47. The van der Waals surface area contributed by atoms with Gasteiger partial charge >= 0.3 is 0 Å². The van der Waals surface area contributed by atoms with Crippen LogP contribution in [0.3, 0.4) is 0 Å². The summed E-state index contributed by atoms with van der Waals surface area (Å²) in [4.78, 5) is 1.29. The topological polar surface area (TPSA) is 17.8 Å². The van der Waals surface area contributed by atoms with Crippen molar-refractivity contribution in [2.45, 2.75) is 27.8 Å². The van der Waals surface area contributed by atoms with Crippen LogP contribution in [0.5, 0.6) is 0 Å². The molecule has 0 unspecified atom stereocenters. The lowest BCUT2D eigenvalue weighted by molar-refractivity contribution is 0.739. The Hall–Kier alpha value is 0.610. The van der Waals surface area contributed by atoms with Crippen molar-refractivity contribution in [2.75, 3.05) is 0 Å². The molecule has 0 radical (unpaired) electrons. The van der Waals surface area contributed by atoms with Crippen LogP contribution in [0.15, 0.2) is 16.1 Å². The van der Waals surface area contributed by atoms with Crippen LogP contribution >= 0.6 is 43.2 Å². The fourth-order valence-electron chi connectivity index (χ4n) is 0.860. The predicted molar refractivity (Wildman–Crippen MR) is 64.2 cm³/mol. The quantitative estimate of drug-likeness (QED) is 0.652. The average Bonchev–Trinajstić information content (AvgIpc) is 2.34. The molecule has 6 heteroatoms. The van der Waals surface area contributed by atoms with Crippen molar-refractivity contribution in [1.29, 1.82) is 0 Å². The second-order valence-corrected chi connectivity index (χ2v) is 9.00. The van der Waals surface area contributed by atoms with Crippen LogP contribution in [-0.2, 0) is 7.05 Å². The third-order valence-electron chi connectivity index (χ3n) is 1.42. The van der Waals surface area contributed by atoms with Gasteiger partial charge in [0.15, 0.2) is 0 Å². The minimum Gasteiger partial charge on any atom is -0.273 e. The second-order valence-electron chi connectivity index (χ2n) is 3.21. The molecule has 2 rings (SSSR count). The van der Waals surface area contributed by atoms with E-state index < -0.39 is 0 Å². The number of aryl methyl sites for hydroxylation is 1. The van der Waals surface area contributed by atoms with E-state index in [2.05, 4.69) is 25.1 Å². The third kappa shape index (κ3) is 2.34. The van der Waals surface area contributed by atoms with Gasteiger partial charge in [0.2, 0.25) is 0 Å². The number of fused-ring (bicyclic) bond motifs is 1. The van der Waals surface area contributed by atoms with Gasteiger partial charge in [-0.1, -0.05) is 32.4 Å². The third-order valence-corrected chi connectivity index (χ3v) is 8.60. The van der Waals surface area contributed by atoms with Crippen LogP contribution in [0.4, 0.5) is 0 Å². The Morgan fingerprint density at radius 2 is 2.00 bits per heavy atom. The molecular formula is C7H10N2S4. The number of nitrogens with zero attached hydrogens (tertiary/aromatic N) is 2. The summed E-state index contributed by atoms with van der Waals surface area (Å²) in [6.07, 6.45) is 2.09. The Labute approximate surface area is 93.8 Å². The normalized spacial score (nSPS) is 20.8. The molecule has 0 saturated carbocycles. The number of hydrogen-bond acceptors (Lipinski definition) is 5. The van der Waals surface area contributed by atoms with Crippen molar-refractivity contribution in [3.8, 4) is 0 Å². The lowest BCUT2D eigenvalue weighted by Gasteiger charge is -2.17. The molecule has 1 aromatic rings.